The average molecular weight is 524 g/mol. The Hall–Kier alpha value is -2.63. The second-order valence-corrected chi connectivity index (χ2v) is 12.2. The molecule has 0 unspecified atom stereocenters. The predicted octanol–water partition coefficient (Wildman–Crippen LogP) is 3.40. The summed E-state index contributed by atoms with van der Waals surface area (Å²) >= 11 is 0. The molecule has 1 aliphatic heterocycles. The number of rotatable bonds is 9. The maximum atomic E-state index is 13.1. The number of hydrogen-bond acceptors (Lipinski definition) is 6. The van der Waals surface area contributed by atoms with Crippen molar-refractivity contribution >= 4 is 31.6 Å². The Labute approximate surface area is 208 Å². The van der Waals surface area contributed by atoms with Crippen LogP contribution in [0.2, 0.25) is 0 Å². The van der Waals surface area contributed by atoms with Gasteiger partial charge >= 0.3 is 0 Å². The molecule has 1 heterocycles. The van der Waals surface area contributed by atoms with Gasteiger partial charge in [0.2, 0.25) is 10.0 Å². The van der Waals surface area contributed by atoms with Crippen LogP contribution in [0.25, 0.3) is 0 Å². The summed E-state index contributed by atoms with van der Waals surface area (Å²) < 4.78 is 60.6. The molecule has 2 aromatic rings. The molecule has 0 spiro atoms. The van der Waals surface area contributed by atoms with Gasteiger partial charge in [0.15, 0.2) is 0 Å². The first-order chi connectivity index (χ1) is 16.5. The molecule has 11 heteroatoms. The topological polar surface area (TPSA) is 113 Å². The summed E-state index contributed by atoms with van der Waals surface area (Å²) in [5, 5.41) is 0. The Kier molecular flexibility index (Phi) is 8.45. The van der Waals surface area contributed by atoms with Gasteiger partial charge in [-0.1, -0.05) is 20.8 Å². The normalized spacial score (nSPS) is 15.3. The van der Waals surface area contributed by atoms with Crippen LogP contribution in [0.4, 0.5) is 5.69 Å². The van der Waals surface area contributed by atoms with E-state index in [1.165, 1.54) is 53.9 Å². The number of nitrogens with zero attached hydrogens (tertiary/aromatic N) is 2. The summed E-state index contributed by atoms with van der Waals surface area (Å²) in [5.41, 5.74) is 0.391. The number of nitrogens with one attached hydrogen (secondary N) is 1. The molecule has 192 valence electrons. The number of amides is 1. The molecule has 0 aliphatic carbocycles. The van der Waals surface area contributed by atoms with Crippen LogP contribution in [-0.4, -0.2) is 65.2 Å². The van der Waals surface area contributed by atoms with Gasteiger partial charge < -0.3 is 9.64 Å². The van der Waals surface area contributed by atoms with E-state index in [4.69, 9.17) is 4.74 Å². The minimum atomic E-state index is -4.04. The van der Waals surface area contributed by atoms with E-state index in [-0.39, 0.29) is 26.9 Å². The highest BCUT2D eigenvalue weighted by molar-refractivity contribution is 7.92. The van der Waals surface area contributed by atoms with Crippen molar-refractivity contribution in [3.63, 3.8) is 0 Å². The molecule has 3 rings (SSSR count). The van der Waals surface area contributed by atoms with Gasteiger partial charge in [-0.25, -0.2) is 16.8 Å². The molecule has 9 nitrogen and oxygen atoms in total. The Morgan fingerprint density at radius 1 is 1.00 bits per heavy atom. The quantitative estimate of drug-likeness (QED) is 0.539. The summed E-state index contributed by atoms with van der Waals surface area (Å²) in [6.45, 7) is 7.55. The van der Waals surface area contributed by atoms with Crippen molar-refractivity contribution in [2.45, 2.75) is 43.4 Å². The van der Waals surface area contributed by atoms with Crippen molar-refractivity contribution in [1.29, 1.82) is 0 Å². The van der Waals surface area contributed by atoms with Gasteiger partial charge in [-0.3, -0.25) is 9.52 Å². The predicted molar refractivity (Wildman–Crippen MR) is 135 cm³/mol. The van der Waals surface area contributed by atoms with Crippen LogP contribution < -0.4 is 9.46 Å². The smallest absolute Gasteiger partial charge is 0.261 e. The van der Waals surface area contributed by atoms with Crippen molar-refractivity contribution in [3.05, 3.63) is 48.0 Å². The largest absolute Gasteiger partial charge is 0.496 e. The van der Waals surface area contributed by atoms with E-state index in [2.05, 4.69) is 11.6 Å². The van der Waals surface area contributed by atoms with Crippen LogP contribution in [-0.2, 0) is 20.0 Å². The molecule has 2 aromatic carbocycles. The zero-order chi connectivity index (χ0) is 25.8. The van der Waals surface area contributed by atoms with Gasteiger partial charge in [0, 0.05) is 31.9 Å². The maximum Gasteiger partial charge on any atom is 0.261 e. The number of anilines is 1. The summed E-state index contributed by atoms with van der Waals surface area (Å²) in [7, 11) is -6.26. The standard InChI is InChI=1S/C24H33N3O6S2/c1-5-27(6-2)35(31,32)20-9-7-19(8-10-20)25-34(29,30)21-11-12-23(33-4)22(17-21)24(28)26-15-13-18(3)14-16-26/h7-12,17-18,25H,5-6,13-16H2,1-4H3. The lowest BCUT2D eigenvalue weighted by Crippen LogP contribution is -2.38. The number of methoxy groups -OCH3 is 1. The Balaban J connectivity index is 1.85. The number of likely N-dealkylation sites (tertiary alicyclic amines) is 1. The van der Waals surface area contributed by atoms with Crippen molar-refractivity contribution < 1.29 is 26.4 Å². The molecule has 0 atom stereocenters. The molecule has 1 aliphatic rings. The number of carbonyl (C=O) groups excluding carboxylic acids is 1. The minimum Gasteiger partial charge on any atom is -0.496 e. The zero-order valence-corrected chi connectivity index (χ0v) is 22.2. The summed E-state index contributed by atoms with van der Waals surface area (Å²) in [6, 6.07) is 9.69. The van der Waals surface area contributed by atoms with Crippen LogP contribution in [0.15, 0.2) is 52.3 Å². The van der Waals surface area contributed by atoms with Gasteiger partial charge in [-0.05, 0) is 61.2 Å². The highest BCUT2D eigenvalue weighted by Crippen LogP contribution is 2.28. The van der Waals surface area contributed by atoms with Crippen LogP contribution in [0.1, 0.15) is 44.0 Å². The van der Waals surface area contributed by atoms with E-state index in [1.807, 2.05) is 0 Å². The first-order valence-corrected chi connectivity index (χ1v) is 14.6. The summed E-state index contributed by atoms with van der Waals surface area (Å²) in [5.74, 6) is 0.584. The number of sulfonamides is 2. The van der Waals surface area contributed by atoms with Gasteiger partial charge in [0.25, 0.3) is 15.9 Å². The van der Waals surface area contributed by atoms with E-state index in [0.717, 1.165) is 12.8 Å². The minimum absolute atomic E-state index is 0.0809. The van der Waals surface area contributed by atoms with Gasteiger partial charge in [-0.15, -0.1) is 0 Å². The van der Waals surface area contributed by atoms with E-state index < -0.39 is 20.0 Å². The van der Waals surface area contributed by atoms with Gasteiger partial charge in [-0.2, -0.15) is 4.31 Å². The zero-order valence-electron chi connectivity index (χ0n) is 20.5. The van der Waals surface area contributed by atoms with Crippen molar-refractivity contribution in [3.8, 4) is 5.75 Å². The molecule has 1 amide bonds. The van der Waals surface area contributed by atoms with Crippen molar-refractivity contribution in [2.24, 2.45) is 5.92 Å². The average Bonchev–Trinajstić information content (AvgIpc) is 2.84. The third-order valence-electron chi connectivity index (χ3n) is 6.23. The van der Waals surface area contributed by atoms with E-state index >= 15 is 0 Å². The molecule has 35 heavy (non-hydrogen) atoms. The fourth-order valence-corrected chi connectivity index (χ4v) is 6.57. The molecular formula is C24H33N3O6S2. The third-order valence-corrected chi connectivity index (χ3v) is 9.68. The molecule has 1 saturated heterocycles. The first kappa shape index (κ1) is 27.0. The molecule has 0 radical (unpaired) electrons. The van der Waals surface area contributed by atoms with Crippen LogP contribution in [0.5, 0.6) is 5.75 Å². The third kappa shape index (κ3) is 5.96. The molecule has 1 N–H and O–H groups in total. The number of hydrogen-bond donors (Lipinski definition) is 1. The van der Waals surface area contributed by atoms with E-state index in [1.54, 1.807) is 18.7 Å². The molecule has 0 saturated carbocycles. The maximum absolute atomic E-state index is 13.1. The monoisotopic (exact) mass is 523 g/mol. The fraction of sp³-hybridized carbons (Fsp3) is 0.458. The van der Waals surface area contributed by atoms with Gasteiger partial charge in [0.1, 0.15) is 5.75 Å². The van der Waals surface area contributed by atoms with E-state index in [0.29, 0.717) is 37.8 Å². The molecule has 0 bridgehead atoms. The number of benzene rings is 2. The lowest BCUT2D eigenvalue weighted by atomic mass is 9.98. The molecular weight excluding hydrogens is 490 g/mol. The van der Waals surface area contributed by atoms with Gasteiger partial charge in [0.05, 0.1) is 22.5 Å². The van der Waals surface area contributed by atoms with Crippen molar-refractivity contribution in [2.75, 3.05) is 38.0 Å². The van der Waals surface area contributed by atoms with Crippen LogP contribution in [0, 0.1) is 5.92 Å². The highest BCUT2D eigenvalue weighted by Gasteiger charge is 2.26. The lowest BCUT2D eigenvalue weighted by molar-refractivity contribution is 0.0693. The number of carbonyl (C=O) groups is 1. The summed E-state index contributed by atoms with van der Waals surface area (Å²) in [4.78, 5) is 14.8. The number of piperidine rings is 1. The second kappa shape index (κ2) is 11.0. The summed E-state index contributed by atoms with van der Waals surface area (Å²) in [6.07, 6.45) is 1.79. The molecule has 0 aromatic heterocycles. The number of ether oxygens (including phenoxy) is 1. The fourth-order valence-electron chi connectivity index (χ4n) is 4.03. The van der Waals surface area contributed by atoms with Crippen LogP contribution in [0.3, 0.4) is 0 Å². The second-order valence-electron chi connectivity index (χ2n) is 8.56. The molecule has 1 fully saturated rings. The van der Waals surface area contributed by atoms with Crippen molar-refractivity contribution in [1.82, 2.24) is 9.21 Å². The lowest BCUT2D eigenvalue weighted by Gasteiger charge is -2.30. The Bertz CT molecular complexity index is 1250. The van der Waals surface area contributed by atoms with Crippen LogP contribution >= 0.6 is 0 Å². The first-order valence-electron chi connectivity index (χ1n) is 11.6. The highest BCUT2D eigenvalue weighted by atomic mass is 32.2. The SMILES string of the molecule is CCN(CC)S(=O)(=O)c1ccc(NS(=O)(=O)c2ccc(OC)c(C(=O)N3CCC(C)CC3)c2)cc1. The Morgan fingerprint density at radius 3 is 2.11 bits per heavy atom. The Morgan fingerprint density at radius 2 is 1.57 bits per heavy atom. The van der Waals surface area contributed by atoms with E-state index in [9.17, 15) is 21.6 Å².